The van der Waals surface area contributed by atoms with Crippen molar-refractivity contribution in [3.63, 3.8) is 0 Å². The molecule has 1 aliphatic heterocycles. The van der Waals surface area contributed by atoms with Crippen molar-refractivity contribution in [2.24, 2.45) is 5.92 Å². The van der Waals surface area contributed by atoms with Crippen LogP contribution in [0.1, 0.15) is 13.8 Å². The molecule has 2 rings (SSSR count). The van der Waals surface area contributed by atoms with Crippen molar-refractivity contribution >= 4 is 33.4 Å². The van der Waals surface area contributed by atoms with Gasteiger partial charge in [-0.25, -0.2) is 5.48 Å². The largest absolute Gasteiger partial charge is 0.369 e. The zero-order valence-electron chi connectivity index (χ0n) is 14.1. The lowest BCUT2D eigenvalue weighted by molar-refractivity contribution is -0.131. The minimum Gasteiger partial charge on any atom is -0.369 e. The molecule has 3 N–H and O–H groups in total. The predicted octanol–water partition coefficient (Wildman–Crippen LogP) is 0.826. The highest BCUT2D eigenvalue weighted by atomic mass is 35.5. The fraction of sp³-hybridized carbons (Fsp3) is 0.533. The third-order valence-electron chi connectivity index (χ3n) is 4.11. The zero-order chi connectivity index (χ0) is 18.6. The molecule has 1 amide bonds. The van der Waals surface area contributed by atoms with E-state index >= 15 is 0 Å². The summed E-state index contributed by atoms with van der Waals surface area (Å²) in [6, 6.07) is 6.34. The van der Waals surface area contributed by atoms with E-state index in [0.717, 1.165) is 5.69 Å². The van der Waals surface area contributed by atoms with Gasteiger partial charge in [-0.2, -0.15) is 17.4 Å². The van der Waals surface area contributed by atoms with Crippen molar-refractivity contribution in [3.05, 3.63) is 29.3 Å². The number of carbonyl (C=O) groups is 1. The van der Waals surface area contributed by atoms with E-state index < -0.39 is 22.2 Å². The quantitative estimate of drug-likeness (QED) is 0.493. The fourth-order valence-electron chi connectivity index (χ4n) is 2.64. The molecule has 1 saturated heterocycles. The van der Waals surface area contributed by atoms with Crippen molar-refractivity contribution in [2.45, 2.75) is 19.9 Å². The van der Waals surface area contributed by atoms with E-state index in [1.165, 1.54) is 9.79 Å². The molecule has 0 aromatic heterocycles. The molecule has 0 saturated carbocycles. The molecule has 0 spiro atoms. The van der Waals surface area contributed by atoms with E-state index in [1.807, 2.05) is 12.1 Å². The van der Waals surface area contributed by atoms with Gasteiger partial charge in [-0.05, 0) is 30.2 Å². The highest BCUT2D eigenvalue weighted by molar-refractivity contribution is 7.87. The van der Waals surface area contributed by atoms with Gasteiger partial charge in [0.2, 0.25) is 0 Å². The molecule has 1 unspecified atom stereocenters. The Kier molecular flexibility index (Phi) is 6.64. The number of carbonyl (C=O) groups excluding carboxylic acids is 1. The van der Waals surface area contributed by atoms with Crippen LogP contribution in [-0.2, 0) is 15.0 Å². The normalized spacial score (nSPS) is 17.6. The van der Waals surface area contributed by atoms with Gasteiger partial charge in [0, 0.05) is 36.9 Å². The van der Waals surface area contributed by atoms with Crippen molar-refractivity contribution < 1.29 is 18.4 Å². The minimum atomic E-state index is -3.83. The van der Waals surface area contributed by atoms with E-state index in [2.05, 4.69) is 9.62 Å². The van der Waals surface area contributed by atoms with E-state index in [9.17, 15) is 13.2 Å². The molecule has 1 atom stereocenters. The Morgan fingerprint density at radius 3 is 2.20 bits per heavy atom. The zero-order valence-corrected chi connectivity index (χ0v) is 15.7. The fourth-order valence-corrected chi connectivity index (χ4v) is 4.25. The average Bonchev–Trinajstić information content (AvgIpc) is 2.59. The summed E-state index contributed by atoms with van der Waals surface area (Å²) in [7, 11) is -3.83. The summed E-state index contributed by atoms with van der Waals surface area (Å²) in [6.07, 6.45) is 0. The van der Waals surface area contributed by atoms with Gasteiger partial charge in [-0.1, -0.05) is 25.4 Å². The summed E-state index contributed by atoms with van der Waals surface area (Å²) in [5.74, 6) is -1.09. The molecule has 1 aromatic rings. The van der Waals surface area contributed by atoms with Gasteiger partial charge in [0.25, 0.3) is 16.1 Å². The van der Waals surface area contributed by atoms with Crippen LogP contribution in [0.5, 0.6) is 0 Å². The summed E-state index contributed by atoms with van der Waals surface area (Å²) >= 11 is 5.88. The summed E-state index contributed by atoms with van der Waals surface area (Å²) in [6.45, 7) is 5.04. The number of halogens is 1. The number of hydrogen-bond donors (Lipinski definition) is 3. The second kappa shape index (κ2) is 8.33. The molecular weight excluding hydrogens is 368 g/mol. The molecule has 1 aliphatic rings. The number of benzene rings is 1. The van der Waals surface area contributed by atoms with Crippen LogP contribution in [0.4, 0.5) is 5.69 Å². The van der Waals surface area contributed by atoms with Gasteiger partial charge in [-0.3, -0.25) is 10.0 Å². The van der Waals surface area contributed by atoms with Crippen LogP contribution in [0.2, 0.25) is 5.02 Å². The number of rotatable bonds is 6. The Morgan fingerprint density at radius 1 is 1.16 bits per heavy atom. The summed E-state index contributed by atoms with van der Waals surface area (Å²) < 4.78 is 28.7. The summed E-state index contributed by atoms with van der Waals surface area (Å²) in [5, 5.41) is 9.43. The number of hydroxylamine groups is 1. The average molecular weight is 391 g/mol. The van der Waals surface area contributed by atoms with Gasteiger partial charge in [0.05, 0.1) is 0 Å². The molecule has 0 aliphatic carbocycles. The first-order valence-corrected chi connectivity index (χ1v) is 9.78. The number of hydrogen-bond acceptors (Lipinski definition) is 5. The standard InChI is InChI=1S/C15H23ClN4O4S/c1-11(2)14(15(21)17-22)18-25(23,24)20-9-7-19(8-10-20)13-5-3-12(16)4-6-13/h3-6,11,14,18,22H,7-10H2,1-2H3,(H,17,21). The second-order valence-electron chi connectivity index (χ2n) is 6.18. The third kappa shape index (κ3) is 5.05. The van der Waals surface area contributed by atoms with Crippen LogP contribution in [0.15, 0.2) is 24.3 Å². The van der Waals surface area contributed by atoms with Crippen LogP contribution in [0, 0.1) is 5.92 Å². The predicted molar refractivity (Wildman–Crippen MR) is 95.8 cm³/mol. The van der Waals surface area contributed by atoms with Crippen LogP contribution in [-0.4, -0.2) is 56.1 Å². The first-order valence-electron chi connectivity index (χ1n) is 7.96. The minimum absolute atomic E-state index is 0.295. The van der Waals surface area contributed by atoms with Crippen molar-refractivity contribution in [2.75, 3.05) is 31.1 Å². The van der Waals surface area contributed by atoms with Gasteiger partial charge in [0.1, 0.15) is 6.04 Å². The van der Waals surface area contributed by atoms with Gasteiger partial charge in [0.15, 0.2) is 0 Å². The van der Waals surface area contributed by atoms with E-state index in [-0.39, 0.29) is 5.92 Å². The van der Waals surface area contributed by atoms with Gasteiger partial charge >= 0.3 is 0 Å². The molecule has 8 nitrogen and oxygen atoms in total. The maximum absolute atomic E-state index is 12.5. The number of nitrogens with one attached hydrogen (secondary N) is 2. The molecule has 1 fully saturated rings. The molecule has 1 aromatic carbocycles. The highest BCUT2D eigenvalue weighted by Gasteiger charge is 2.32. The second-order valence-corrected chi connectivity index (χ2v) is 8.32. The highest BCUT2D eigenvalue weighted by Crippen LogP contribution is 2.20. The Morgan fingerprint density at radius 2 is 1.72 bits per heavy atom. The molecule has 0 radical (unpaired) electrons. The molecule has 1 heterocycles. The van der Waals surface area contributed by atoms with Crippen LogP contribution in [0.25, 0.3) is 0 Å². The molecule has 0 bridgehead atoms. The Bertz CT molecular complexity index is 688. The van der Waals surface area contributed by atoms with E-state index in [0.29, 0.717) is 31.2 Å². The van der Waals surface area contributed by atoms with Gasteiger partial charge in [-0.15, -0.1) is 0 Å². The van der Waals surface area contributed by atoms with Gasteiger partial charge < -0.3 is 4.90 Å². The first-order chi connectivity index (χ1) is 11.7. The van der Waals surface area contributed by atoms with E-state index in [4.69, 9.17) is 16.8 Å². The number of amides is 1. The van der Waals surface area contributed by atoms with Crippen molar-refractivity contribution in [1.82, 2.24) is 14.5 Å². The molecule has 10 heteroatoms. The van der Waals surface area contributed by atoms with Crippen molar-refractivity contribution in [1.29, 1.82) is 0 Å². The summed E-state index contributed by atoms with van der Waals surface area (Å²) in [4.78, 5) is 13.7. The van der Waals surface area contributed by atoms with Crippen molar-refractivity contribution in [3.8, 4) is 0 Å². The Hall–Kier alpha value is -1.39. The number of nitrogens with zero attached hydrogens (tertiary/aromatic N) is 2. The Labute approximate surface area is 152 Å². The van der Waals surface area contributed by atoms with Crippen LogP contribution in [0.3, 0.4) is 0 Å². The topological polar surface area (TPSA) is 102 Å². The maximum Gasteiger partial charge on any atom is 0.280 e. The smallest absolute Gasteiger partial charge is 0.280 e. The number of piperazine rings is 1. The molecular formula is C15H23ClN4O4S. The SMILES string of the molecule is CC(C)C(NS(=O)(=O)N1CCN(c2ccc(Cl)cc2)CC1)C(=O)NO. The lowest BCUT2D eigenvalue weighted by Crippen LogP contribution is -2.57. The van der Waals surface area contributed by atoms with E-state index in [1.54, 1.807) is 26.0 Å². The maximum atomic E-state index is 12.5. The molecule has 140 valence electrons. The Balaban J connectivity index is 2.00. The lowest BCUT2D eigenvalue weighted by Gasteiger charge is -2.36. The van der Waals surface area contributed by atoms with Crippen LogP contribution < -0.4 is 15.1 Å². The monoisotopic (exact) mass is 390 g/mol. The number of anilines is 1. The molecule has 25 heavy (non-hydrogen) atoms. The summed E-state index contributed by atoms with van der Waals surface area (Å²) in [5.41, 5.74) is 2.48. The third-order valence-corrected chi connectivity index (χ3v) is 5.95. The van der Waals surface area contributed by atoms with Crippen LogP contribution >= 0.6 is 11.6 Å². The lowest BCUT2D eigenvalue weighted by atomic mass is 10.1. The first kappa shape index (κ1) is 19.9.